The lowest BCUT2D eigenvalue weighted by molar-refractivity contribution is -0.136. The largest absolute Gasteiger partial charge is 0.425 e. The lowest BCUT2D eigenvalue weighted by Gasteiger charge is -2.17. The Balaban J connectivity index is 1.87. The molecule has 32 heavy (non-hydrogen) atoms. The van der Waals surface area contributed by atoms with E-state index in [1.807, 2.05) is 13.8 Å². The fourth-order valence-corrected chi connectivity index (χ4v) is 4.71. The summed E-state index contributed by atoms with van der Waals surface area (Å²) in [4.78, 5) is 24.8. The molecule has 1 N–H and O–H groups in total. The van der Waals surface area contributed by atoms with Crippen LogP contribution in [0.2, 0.25) is 0 Å². The molecule has 0 aliphatic heterocycles. The molecule has 3 aromatic rings. The number of fused-ring (bicyclic) bond motifs is 1. The van der Waals surface area contributed by atoms with Crippen molar-refractivity contribution in [1.82, 2.24) is 4.72 Å². The number of sulfonamides is 1. The molecule has 0 amide bonds. The maximum Gasteiger partial charge on any atom is 0.336 e. The number of rotatable bonds is 8. The second-order valence-corrected chi connectivity index (χ2v) is 9.44. The van der Waals surface area contributed by atoms with Gasteiger partial charge in [0.05, 0.1) is 4.90 Å². The van der Waals surface area contributed by atoms with Crippen LogP contribution in [0.1, 0.15) is 43.4 Å². The van der Waals surface area contributed by atoms with Crippen LogP contribution in [0.15, 0.2) is 56.6 Å². The number of carbonyl (C=O) groups excluding carboxylic acids is 1. The lowest BCUT2D eigenvalue weighted by atomic mass is 10.0. The zero-order valence-corrected chi connectivity index (χ0v) is 19.4. The van der Waals surface area contributed by atoms with Crippen LogP contribution >= 0.6 is 0 Å². The maximum atomic E-state index is 12.8. The monoisotopic (exact) mass is 457 g/mol. The molecule has 0 aliphatic rings. The molecule has 3 rings (SSSR count). The lowest BCUT2D eigenvalue weighted by Crippen LogP contribution is -2.42. The van der Waals surface area contributed by atoms with Crippen molar-refractivity contribution in [2.45, 2.75) is 57.9 Å². The molecule has 0 radical (unpaired) electrons. The standard InChI is InChI=1S/C24H27NO6S/c1-5-7-17-14-22(26)31-23-16(4)21(13-12-19(17)23)30-24(27)20(6-2)25-32(28,29)18-10-8-15(3)9-11-18/h8-14,20,25H,5-7H2,1-4H3/t20-/m0/s1. The van der Waals surface area contributed by atoms with Crippen molar-refractivity contribution in [2.24, 2.45) is 0 Å². The number of nitrogens with one attached hydrogen (secondary N) is 1. The van der Waals surface area contributed by atoms with E-state index in [0.717, 1.165) is 29.4 Å². The normalized spacial score (nSPS) is 12.6. The number of aryl methyl sites for hydroxylation is 3. The number of esters is 1. The summed E-state index contributed by atoms with van der Waals surface area (Å²) >= 11 is 0. The van der Waals surface area contributed by atoms with Gasteiger partial charge in [-0.25, -0.2) is 18.0 Å². The van der Waals surface area contributed by atoms with E-state index in [9.17, 15) is 18.0 Å². The van der Waals surface area contributed by atoms with Gasteiger partial charge in [-0.3, -0.25) is 0 Å². The quantitative estimate of drug-likeness (QED) is 0.311. The SMILES string of the molecule is CCCc1cc(=O)oc2c(C)c(OC(=O)[C@H](CC)NS(=O)(=O)c3ccc(C)cc3)ccc12. The summed E-state index contributed by atoms with van der Waals surface area (Å²) < 4.78 is 38.7. The Kier molecular flexibility index (Phi) is 7.16. The van der Waals surface area contributed by atoms with Gasteiger partial charge in [-0.2, -0.15) is 4.72 Å². The van der Waals surface area contributed by atoms with Crippen molar-refractivity contribution in [3.63, 3.8) is 0 Å². The number of ether oxygens (including phenoxy) is 1. The smallest absolute Gasteiger partial charge is 0.336 e. The summed E-state index contributed by atoms with van der Waals surface area (Å²) in [6, 6.07) is 10.1. The molecule has 7 nitrogen and oxygen atoms in total. The van der Waals surface area contributed by atoms with Crippen molar-refractivity contribution in [1.29, 1.82) is 0 Å². The second kappa shape index (κ2) is 9.67. The first kappa shape index (κ1) is 23.7. The minimum atomic E-state index is -3.90. The molecule has 170 valence electrons. The van der Waals surface area contributed by atoms with E-state index in [0.29, 0.717) is 11.1 Å². The van der Waals surface area contributed by atoms with Crippen molar-refractivity contribution in [3.05, 3.63) is 69.6 Å². The van der Waals surface area contributed by atoms with Crippen LogP contribution in [0.3, 0.4) is 0 Å². The third-order valence-electron chi connectivity index (χ3n) is 5.25. The molecular formula is C24H27NO6S. The van der Waals surface area contributed by atoms with Crippen LogP contribution < -0.4 is 15.1 Å². The highest BCUT2D eigenvalue weighted by molar-refractivity contribution is 7.89. The van der Waals surface area contributed by atoms with E-state index in [2.05, 4.69) is 4.72 Å². The highest BCUT2D eigenvalue weighted by Crippen LogP contribution is 2.29. The average Bonchev–Trinajstić information content (AvgIpc) is 2.74. The molecule has 0 saturated carbocycles. The Morgan fingerprint density at radius 1 is 1.09 bits per heavy atom. The fourth-order valence-electron chi connectivity index (χ4n) is 3.45. The third-order valence-corrected chi connectivity index (χ3v) is 6.74. The van der Waals surface area contributed by atoms with Crippen LogP contribution in [0.4, 0.5) is 0 Å². The molecule has 1 atom stereocenters. The van der Waals surface area contributed by atoms with E-state index >= 15 is 0 Å². The molecule has 1 heterocycles. The molecule has 0 unspecified atom stereocenters. The van der Waals surface area contributed by atoms with Crippen LogP contribution in [-0.4, -0.2) is 20.4 Å². The van der Waals surface area contributed by atoms with Gasteiger partial charge >= 0.3 is 11.6 Å². The molecule has 0 saturated heterocycles. The summed E-state index contributed by atoms with van der Waals surface area (Å²) in [7, 11) is -3.90. The van der Waals surface area contributed by atoms with Crippen molar-refractivity contribution in [3.8, 4) is 5.75 Å². The first-order valence-electron chi connectivity index (χ1n) is 10.5. The minimum absolute atomic E-state index is 0.0708. The highest BCUT2D eigenvalue weighted by atomic mass is 32.2. The maximum absolute atomic E-state index is 12.8. The van der Waals surface area contributed by atoms with Gasteiger partial charge in [0.25, 0.3) is 0 Å². The van der Waals surface area contributed by atoms with Gasteiger partial charge in [0.1, 0.15) is 17.4 Å². The molecule has 1 aromatic heterocycles. The van der Waals surface area contributed by atoms with E-state index in [1.54, 1.807) is 38.1 Å². The van der Waals surface area contributed by atoms with Crippen molar-refractivity contribution >= 4 is 27.0 Å². The highest BCUT2D eigenvalue weighted by Gasteiger charge is 2.27. The van der Waals surface area contributed by atoms with E-state index in [1.165, 1.54) is 18.2 Å². The summed E-state index contributed by atoms with van der Waals surface area (Å²) in [5.74, 6) is -0.523. The summed E-state index contributed by atoms with van der Waals surface area (Å²) in [5.41, 5.74) is 2.19. The van der Waals surface area contributed by atoms with Gasteiger partial charge in [-0.05, 0) is 56.5 Å². The number of hydrogen-bond acceptors (Lipinski definition) is 6. The summed E-state index contributed by atoms with van der Waals surface area (Å²) in [6.07, 6.45) is 1.79. The molecule has 0 spiro atoms. The summed E-state index contributed by atoms with van der Waals surface area (Å²) in [5, 5.41) is 0.788. The Bertz CT molecular complexity index is 1290. The number of carbonyl (C=O) groups is 1. The zero-order valence-electron chi connectivity index (χ0n) is 18.6. The first-order valence-corrected chi connectivity index (χ1v) is 12.0. The van der Waals surface area contributed by atoms with E-state index < -0.39 is 27.7 Å². The van der Waals surface area contributed by atoms with Crippen LogP contribution in [0, 0.1) is 13.8 Å². The van der Waals surface area contributed by atoms with E-state index in [4.69, 9.17) is 9.15 Å². The average molecular weight is 458 g/mol. The first-order chi connectivity index (χ1) is 15.2. The molecule has 2 aromatic carbocycles. The Labute approximate surface area is 187 Å². The van der Waals surface area contributed by atoms with Gasteiger partial charge in [0.2, 0.25) is 10.0 Å². The van der Waals surface area contributed by atoms with Gasteiger partial charge in [-0.1, -0.05) is 38.0 Å². The number of benzene rings is 2. The molecular weight excluding hydrogens is 430 g/mol. The van der Waals surface area contributed by atoms with Gasteiger partial charge < -0.3 is 9.15 Å². The molecule has 8 heteroatoms. The van der Waals surface area contributed by atoms with Crippen LogP contribution in [0.25, 0.3) is 11.0 Å². The Hall–Kier alpha value is -2.97. The third kappa shape index (κ3) is 5.08. The Morgan fingerprint density at radius 2 is 1.78 bits per heavy atom. The molecule has 0 fully saturated rings. The zero-order chi connectivity index (χ0) is 23.5. The van der Waals surface area contributed by atoms with Crippen molar-refractivity contribution in [2.75, 3.05) is 0 Å². The Morgan fingerprint density at radius 3 is 2.41 bits per heavy atom. The van der Waals surface area contributed by atoms with Gasteiger partial charge in [0.15, 0.2) is 0 Å². The molecule has 0 bridgehead atoms. The predicted octanol–water partition coefficient (Wildman–Crippen LogP) is 4.02. The van der Waals surface area contributed by atoms with Crippen molar-refractivity contribution < 1.29 is 22.4 Å². The van der Waals surface area contributed by atoms with Crippen LogP contribution in [-0.2, 0) is 21.2 Å². The minimum Gasteiger partial charge on any atom is -0.425 e. The second-order valence-electron chi connectivity index (χ2n) is 7.72. The fraction of sp³-hybridized carbons (Fsp3) is 0.333. The van der Waals surface area contributed by atoms with Gasteiger partial charge in [0, 0.05) is 17.0 Å². The number of hydrogen-bond donors (Lipinski definition) is 1. The summed E-state index contributed by atoms with van der Waals surface area (Å²) in [6.45, 7) is 7.26. The van der Waals surface area contributed by atoms with Gasteiger partial charge in [-0.15, -0.1) is 0 Å². The molecule has 0 aliphatic carbocycles. The van der Waals surface area contributed by atoms with E-state index in [-0.39, 0.29) is 17.1 Å². The predicted molar refractivity (Wildman–Crippen MR) is 122 cm³/mol. The van der Waals surface area contributed by atoms with Crippen LogP contribution in [0.5, 0.6) is 5.75 Å². The topological polar surface area (TPSA) is 103 Å².